The van der Waals surface area contributed by atoms with Crippen molar-refractivity contribution in [2.24, 2.45) is 0 Å². The Bertz CT molecular complexity index is 745. The molecule has 1 heteroatoms. The van der Waals surface area contributed by atoms with Crippen LogP contribution in [0.5, 0.6) is 0 Å². The second-order valence-corrected chi connectivity index (χ2v) is 8.60. The lowest BCUT2D eigenvalue weighted by Gasteiger charge is -2.08. The fraction of sp³-hybridized carbons (Fsp3) is 0.143. The van der Waals surface area contributed by atoms with Crippen molar-refractivity contribution < 1.29 is 21.2 Å². The molecule has 0 bridgehead atoms. The topological polar surface area (TPSA) is 0 Å². The van der Waals surface area contributed by atoms with Gasteiger partial charge >= 0.3 is 21.2 Å². The van der Waals surface area contributed by atoms with Gasteiger partial charge in [-0.05, 0) is 41.3 Å². The van der Waals surface area contributed by atoms with Gasteiger partial charge in [0.15, 0.2) is 3.57 Å². The molecule has 0 aliphatic carbocycles. The van der Waals surface area contributed by atoms with Crippen molar-refractivity contribution in [3.63, 3.8) is 0 Å². The molecule has 3 aromatic rings. The maximum Gasteiger partial charge on any atom is 0.358 e. The van der Waals surface area contributed by atoms with Crippen molar-refractivity contribution in [2.75, 3.05) is 0 Å². The Morgan fingerprint density at radius 3 is 2.23 bits per heavy atom. The van der Waals surface area contributed by atoms with Crippen LogP contribution in [0.15, 0.2) is 78.9 Å². The second kappa shape index (κ2) is 7.10. The molecule has 0 spiro atoms. The van der Waals surface area contributed by atoms with Gasteiger partial charge < -0.3 is 0 Å². The van der Waals surface area contributed by atoms with Crippen LogP contribution in [-0.4, -0.2) is 0 Å². The zero-order valence-electron chi connectivity index (χ0n) is 13.0. The highest BCUT2D eigenvalue weighted by molar-refractivity contribution is 5.63. The average Bonchev–Trinajstić information content (AvgIpc) is 2.56. The third-order valence-corrected chi connectivity index (χ3v) is 6.55. The van der Waals surface area contributed by atoms with Gasteiger partial charge in [-0.2, -0.15) is 0 Å². The Hall–Kier alpha value is -1.61. The molecular weight excluding hydrogens is 379 g/mol. The lowest BCUT2D eigenvalue weighted by molar-refractivity contribution is -0.596. The van der Waals surface area contributed by atoms with E-state index in [-0.39, 0.29) is 21.2 Å². The first-order valence-electron chi connectivity index (χ1n) is 7.63. The summed E-state index contributed by atoms with van der Waals surface area (Å²) < 4.78 is 2.96. The highest BCUT2D eigenvalue weighted by Gasteiger charge is 2.20. The lowest BCUT2D eigenvalue weighted by atomic mass is 9.97. The third kappa shape index (κ3) is 3.58. The number of hydrogen-bond acceptors (Lipinski definition) is 0. The quantitative estimate of drug-likeness (QED) is 0.592. The van der Waals surface area contributed by atoms with E-state index < -0.39 is 0 Å². The van der Waals surface area contributed by atoms with Crippen molar-refractivity contribution in [3.8, 4) is 11.1 Å². The van der Waals surface area contributed by atoms with Gasteiger partial charge in [0, 0.05) is 5.56 Å². The minimum absolute atomic E-state index is 0.144. The molecule has 0 aliphatic rings. The van der Waals surface area contributed by atoms with Gasteiger partial charge in [-0.25, -0.2) is 0 Å². The fourth-order valence-corrected chi connectivity index (χ4v) is 5.05. The molecule has 0 fully saturated rings. The molecule has 0 aliphatic heterocycles. The largest absolute Gasteiger partial charge is 0.358 e. The van der Waals surface area contributed by atoms with Crippen LogP contribution in [0.1, 0.15) is 25.3 Å². The number of benzene rings is 3. The predicted octanol–water partition coefficient (Wildman–Crippen LogP) is 2.61. The zero-order valence-corrected chi connectivity index (χ0v) is 15.1. The standard InChI is InChI=1S/C21H20I/c1-16(2)17-9-8-10-18(15-17)20-13-6-7-14-21(20)22-19-11-4-3-5-12-19/h3-16H,1-2H3/q+1. The summed E-state index contributed by atoms with van der Waals surface area (Å²) in [5, 5.41) is 0. The summed E-state index contributed by atoms with van der Waals surface area (Å²) in [6.45, 7) is 4.50. The van der Waals surface area contributed by atoms with Crippen LogP contribution in [0.3, 0.4) is 0 Å². The molecule has 0 saturated carbocycles. The monoisotopic (exact) mass is 399 g/mol. The van der Waals surface area contributed by atoms with E-state index >= 15 is 0 Å². The summed E-state index contributed by atoms with van der Waals surface area (Å²) in [5.74, 6) is 0.566. The van der Waals surface area contributed by atoms with Crippen LogP contribution in [0.4, 0.5) is 0 Å². The normalized spacial score (nSPS) is 10.9. The Balaban J connectivity index is 1.99. The fourth-order valence-electron chi connectivity index (χ4n) is 2.44. The van der Waals surface area contributed by atoms with Gasteiger partial charge in [0.25, 0.3) is 0 Å². The molecule has 0 nitrogen and oxygen atoms in total. The smallest absolute Gasteiger partial charge is 0.0619 e. The highest BCUT2D eigenvalue weighted by Crippen LogP contribution is 2.23. The Labute approximate surface area is 143 Å². The summed E-state index contributed by atoms with van der Waals surface area (Å²) >= 11 is -0.144. The number of rotatable bonds is 4. The van der Waals surface area contributed by atoms with Crippen LogP contribution < -0.4 is 21.2 Å². The Morgan fingerprint density at radius 2 is 1.45 bits per heavy atom. The second-order valence-electron chi connectivity index (χ2n) is 5.65. The van der Waals surface area contributed by atoms with Gasteiger partial charge in [-0.1, -0.05) is 68.4 Å². The van der Waals surface area contributed by atoms with E-state index in [1.54, 1.807) is 0 Å². The van der Waals surface area contributed by atoms with Crippen LogP contribution in [0.25, 0.3) is 11.1 Å². The molecule has 0 saturated heterocycles. The molecular formula is C21H20I+. The summed E-state index contributed by atoms with van der Waals surface area (Å²) in [7, 11) is 0. The molecule has 3 rings (SSSR count). The maximum absolute atomic E-state index is 2.35. The molecule has 110 valence electrons. The maximum atomic E-state index is 2.35. The van der Waals surface area contributed by atoms with E-state index in [4.69, 9.17) is 0 Å². The minimum atomic E-state index is -0.144. The van der Waals surface area contributed by atoms with Crippen LogP contribution in [0.2, 0.25) is 0 Å². The minimum Gasteiger partial charge on any atom is -0.0619 e. The van der Waals surface area contributed by atoms with Crippen molar-refractivity contribution in [3.05, 3.63) is 91.6 Å². The Morgan fingerprint density at radius 1 is 0.727 bits per heavy atom. The molecule has 0 heterocycles. The van der Waals surface area contributed by atoms with Gasteiger partial charge in [-0.3, -0.25) is 0 Å². The van der Waals surface area contributed by atoms with E-state index in [9.17, 15) is 0 Å². The first-order valence-corrected chi connectivity index (χ1v) is 9.79. The first kappa shape index (κ1) is 15.3. The molecule has 22 heavy (non-hydrogen) atoms. The van der Waals surface area contributed by atoms with E-state index in [2.05, 4.69) is 92.7 Å². The van der Waals surface area contributed by atoms with Crippen LogP contribution in [0, 0.1) is 7.14 Å². The Kier molecular flexibility index (Phi) is 4.94. The summed E-state index contributed by atoms with van der Waals surface area (Å²) in [6, 6.07) is 28.7. The third-order valence-electron chi connectivity index (χ3n) is 3.68. The molecule has 0 amide bonds. The van der Waals surface area contributed by atoms with E-state index in [1.165, 1.54) is 23.8 Å². The number of halogens is 1. The molecule has 0 N–H and O–H groups in total. The summed E-state index contributed by atoms with van der Waals surface area (Å²) in [4.78, 5) is 0. The van der Waals surface area contributed by atoms with Gasteiger partial charge in [0.05, 0.1) is 0 Å². The van der Waals surface area contributed by atoms with E-state index in [0.717, 1.165) is 0 Å². The van der Waals surface area contributed by atoms with E-state index in [0.29, 0.717) is 5.92 Å². The molecule has 3 aromatic carbocycles. The first-order chi connectivity index (χ1) is 10.7. The van der Waals surface area contributed by atoms with Crippen molar-refractivity contribution >= 4 is 0 Å². The predicted molar refractivity (Wildman–Crippen MR) is 89.8 cm³/mol. The van der Waals surface area contributed by atoms with Gasteiger partial charge in [0.1, 0.15) is 0 Å². The van der Waals surface area contributed by atoms with Crippen LogP contribution in [-0.2, 0) is 0 Å². The lowest BCUT2D eigenvalue weighted by Crippen LogP contribution is -3.61. The molecule has 0 aromatic heterocycles. The van der Waals surface area contributed by atoms with Crippen LogP contribution >= 0.6 is 0 Å². The highest BCUT2D eigenvalue weighted by atomic mass is 127. The van der Waals surface area contributed by atoms with Crippen molar-refractivity contribution in [1.29, 1.82) is 0 Å². The van der Waals surface area contributed by atoms with E-state index in [1.807, 2.05) is 0 Å². The number of hydrogen-bond donors (Lipinski definition) is 0. The molecule has 0 unspecified atom stereocenters. The summed E-state index contributed by atoms with van der Waals surface area (Å²) in [6.07, 6.45) is 0. The molecule has 0 radical (unpaired) electrons. The average molecular weight is 399 g/mol. The summed E-state index contributed by atoms with van der Waals surface area (Å²) in [5.41, 5.74) is 4.14. The zero-order chi connectivity index (χ0) is 15.4. The van der Waals surface area contributed by atoms with Gasteiger partial charge in [-0.15, -0.1) is 0 Å². The van der Waals surface area contributed by atoms with Gasteiger partial charge in [0.2, 0.25) is 3.57 Å². The van der Waals surface area contributed by atoms with Crippen molar-refractivity contribution in [2.45, 2.75) is 19.8 Å². The van der Waals surface area contributed by atoms with Crippen molar-refractivity contribution in [1.82, 2.24) is 0 Å². The SMILES string of the molecule is CC(C)c1cccc(-c2ccccc2[I+]c2ccccc2)c1. The molecule has 0 atom stereocenters.